The van der Waals surface area contributed by atoms with Crippen LogP contribution in [0, 0.1) is 10.1 Å². The van der Waals surface area contributed by atoms with Crippen LogP contribution in [0.3, 0.4) is 0 Å². The van der Waals surface area contributed by atoms with E-state index < -0.39 is 22.0 Å². The van der Waals surface area contributed by atoms with Gasteiger partial charge in [0.2, 0.25) is 5.88 Å². The fourth-order valence-corrected chi connectivity index (χ4v) is 7.42. The average molecular weight is 800 g/mol. The van der Waals surface area contributed by atoms with Crippen LogP contribution in [0.4, 0.5) is 5.69 Å². The molecule has 15 heteroatoms. The van der Waals surface area contributed by atoms with Crippen molar-refractivity contribution in [2.45, 2.75) is 33.0 Å². The van der Waals surface area contributed by atoms with Gasteiger partial charge in [-0.2, -0.15) is 0 Å². The topological polar surface area (TPSA) is 151 Å². The van der Waals surface area contributed by atoms with Gasteiger partial charge in [0.15, 0.2) is 5.25 Å². The van der Waals surface area contributed by atoms with E-state index in [2.05, 4.69) is 42.4 Å². The van der Waals surface area contributed by atoms with Gasteiger partial charge in [0, 0.05) is 19.9 Å². The first kappa shape index (κ1) is 34.0. The Kier molecular flexibility index (Phi) is 11.2. The Morgan fingerprint density at radius 3 is 2.09 bits per heavy atom. The van der Waals surface area contributed by atoms with Crippen molar-refractivity contribution in [2.75, 3.05) is 0 Å². The molecule has 1 aliphatic heterocycles. The van der Waals surface area contributed by atoms with Crippen LogP contribution in [0.2, 0.25) is 0 Å². The van der Waals surface area contributed by atoms with E-state index in [9.17, 15) is 29.6 Å². The predicted octanol–water partition coefficient (Wildman–Crippen LogP) is 6.74. The van der Waals surface area contributed by atoms with Gasteiger partial charge in [0.25, 0.3) is 23.1 Å². The molecule has 2 heterocycles. The Morgan fingerprint density at radius 1 is 0.830 bits per heavy atom. The van der Waals surface area contributed by atoms with Gasteiger partial charge >= 0.3 is 0 Å². The van der Waals surface area contributed by atoms with Crippen LogP contribution in [-0.4, -0.2) is 41.9 Å². The number of nitro groups is 1. The van der Waals surface area contributed by atoms with Gasteiger partial charge < -0.3 is 5.11 Å². The van der Waals surface area contributed by atoms with Crippen molar-refractivity contribution in [3.63, 3.8) is 0 Å². The van der Waals surface area contributed by atoms with Crippen molar-refractivity contribution in [3.8, 4) is 5.88 Å². The molecule has 0 aliphatic carbocycles. The molecule has 3 N–H and O–H groups in total. The molecule has 1 fully saturated rings. The highest BCUT2D eigenvalue weighted by Crippen LogP contribution is 2.37. The maximum absolute atomic E-state index is 12.5. The highest BCUT2D eigenvalue weighted by Gasteiger charge is 2.41. The standard InChI is InChI=1S/C16H12BrN3O4S.C16H13BrN2O2S/c17-11-6-7-12(20(23)24)13(8-11)25-14-15(21)18-19(16(14)22)9-10-4-2-1-3-5-10;17-12-8-4-5-9-13(12)22-14-15(20)18-19(16(14)21)10-11-6-2-1-3-7-11/h1-8,14H,9H2,(H,18,21);1-9,21H,10H2,(H,18,20). The van der Waals surface area contributed by atoms with Crippen LogP contribution >= 0.6 is 55.4 Å². The molecule has 1 atom stereocenters. The summed E-state index contributed by atoms with van der Waals surface area (Å²) in [6.45, 7) is 0.654. The summed E-state index contributed by atoms with van der Waals surface area (Å²) in [7, 11) is 0. The summed E-state index contributed by atoms with van der Waals surface area (Å²) in [6, 6.07) is 30.9. The number of hydrogen-bond donors (Lipinski definition) is 3. The van der Waals surface area contributed by atoms with Crippen molar-refractivity contribution in [2.24, 2.45) is 0 Å². The third-order valence-corrected chi connectivity index (χ3v) is 10.5. The second-order valence-electron chi connectivity index (χ2n) is 9.95. The van der Waals surface area contributed by atoms with Crippen LogP contribution in [-0.2, 0) is 22.7 Å². The second-order valence-corrected chi connectivity index (χ2v) is 13.9. The summed E-state index contributed by atoms with van der Waals surface area (Å²) in [5.74, 6) is -0.956. The smallest absolute Gasteiger partial charge is 0.282 e. The highest BCUT2D eigenvalue weighted by molar-refractivity contribution is 9.10. The SMILES string of the molecule is O=C1NN(Cc2ccccc2)C(=O)C1Sc1cc(Br)ccc1[N+](=O)[O-].O=c1[nH]n(Cc2ccccc2)c(O)c1Sc1ccccc1Br. The molecule has 1 unspecified atom stereocenters. The molecule has 0 spiro atoms. The largest absolute Gasteiger partial charge is 0.493 e. The maximum Gasteiger partial charge on any atom is 0.282 e. The highest BCUT2D eigenvalue weighted by atomic mass is 79.9. The molecule has 47 heavy (non-hydrogen) atoms. The lowest BCUT2D eigenvalue weighted by atomic mass is 10.2. The fourth-order valence-electron chi connectivity index (χ4n) is 4.41. The summed E-state index contributed by atoms with van der Waals surface area (Å²) in [4.78, 5) is 48.9. The number of H-pyrrole nitrogens is 1. The number of hydrogen-bond acceptors (Lipinski definition) is 8. The monoisotopic (exact) mass is 797 g/mol. The zero-order valence-electron chi connectivity index (χ0n) is 24.2. The molecule has 6 rings (SSSR count). The number of aromatic amines is 1. The van der Waals surface area contributed by atoms with E-state index in [0.717, 1.165) is 32.3 Å². The van der Waals surface area contributed by atoms with E-state index in [1.165, 1.54) is 33.6 Å². The molecule has 0 bridgehead atoms. The molecule has 4 aromatic carbocycles. The quantitative estimate of drug-likeness (QED) is 0.0844. The van der Waals surface area contributed by atoms with Gasteiger partial charge in [-0.3, -0.25) is 35.0 Å². The number of aromatic nitrogens is 2. The molecule has 0 saturated carbocycles. The summed E-state index contributed by atoms with van der Waals surface area (Å²) < 4.78 is 2.97. The number of nitrogens with zero attached hydrogens (tertiary/aromatic N) is 3. The summed E-state index contributed by atoms with van der Waals surface area (Å²) >= 11 is 8.80. The Hall–Kier alpha value is -4.31. The van der Waals surface area contributed by atoms with Gasteiger partial charge in [-0.1, -0.05) is 112 Å². The van der Waals surface area contributed by atoms with Crippen LogP contribution in [0.25, 0.3) is 0 Å². The van der Waals surface area contributed by atoms with Crippen molar-refractivity contribution in [3.05, 3.63) is 144 Å². The Labute approximate surface area is 293 Å². The second kappa shape index (κ2) is 15.5. The first-order valence-corrected chi connectivity index (χ1v) is 17.1. The number of carbonyl (C=O) groups excluding carboxylic acids is 2. The number of carbonyl (C=O) groups is 2. The number of rotatable bonds is 9. The lowest BCUT2D eigenvalue weighted by Crippen LogP contribution is -2.35. The molecule has 2 amide bonds. The predicted molar refractivity (Wildman–Crippen MR) is 186 cm³/mol. The van der Waals surface area contributed by atoms with E-state index in [4.69, 9.17) is 0 Å². The van der Waals surface area contributed by atoms with Gasteiger partial charge in [-0.25, -0.2) is 9.69 Å². The van der Waals surface area contributed by atoms with Gasteiger partial charge in [0.05, 0.1) is 22.9 Å². The first-order valence-electron chi connectivity index (χ1n) is 13.8. The normalized spacial score (nSPS) is 14.0. The lowest BCUT2D eigenvalue weighted by molar-refractivity contribution is -0.387. The first-order chi connectivity index (χ1) is 22.6. The number of amides is 2. The zero-order valence-corrected chi connectivity index (χ0v) is 29.0. The summed E-state index contributed by atoms with van der Waals surface area (Å²) in [5, 5.41) is 24.3. The van der Waals surface area contributed by atoms with Crippen LogP contribution in [0.15, 0.2) is 132 Å². The van der Waals surface area contributed by atoms with Gasteiger partial charge in [-0.15, -0.1) is 0 Å². The number of halogens is 2. The molecule has 1 aliphatic rings. The van der Waals surface area contributed by atoms with Crippen molar-refractivity contribution in [1.82, 2.24) is 20.2 Å². The van der Waals surface area contributed by atoms with E-state index in [1.54, 1.807) is 6.07 Å². The molecule has 5 aromatic rings. The minimum Gasteiger partial charge on any atom is -0.493 e. The minimum absolute atomic E-state index is 0.0467. The Morgan fingerprint density at radius 2 is 1.45 bits per heavy atom. The number of aromatic hydroxyl groups is 1. The number of nitrogens with one attached hydrogen (secondary N) is 2. The van der Waals surface area contributed by atoms with Gasteiger partial charge in [-0.05, 0) is 51.3 Å². The van der Waals surface area contributed by atoms with E-state index in [1.807, 2.05) is 84.9 Å². The lowest BCUT2D eigenvalue weighted by Gasteiger charge is -2.15. The number of nitro benzene ring substituents is 1. The van der Waals surface area contributed by atoms with E-state index in [0.29, 0.717) is 15.9 Å². The average Bonchev–Trinajstić information content (AvgIpc) is 3.47. The molecule has 11 nitrogen and oxygen atoms in total. The van der Waals surface area contributed by atoms with E-state index >= 15 is 0 Å². The summed E-state index contributed by atoms with van der Waals surface area (Å²) in [5.41, 5.74) is 3.96. The van der Waals surface area contributed by atoms with Crippen LogP contribution in [0.5, 0.6) is 5.88 Å². The minimum atomic E-state index is -1.06. The molecular weight excluding hydrogens is 774 g/mol. The summed E-state index contributed by atoms with van der Waals surface area (Å²) in [6.07, 6.45) is 0. The van der Waals surface area contributed by atoms with Crippen molar-refractivity contribution >= 4 is 72.9 Å². The third kappa shape index (κ3) is 8.54. The van der Waals surface area contributed by atoms with Gasteiger partial charge in [0.1, 0.15) is 4.90 Å². The zero-order chi connectivity index (χ0) is 33.5. The van der Waals surface area contributed by atoms with Crippen molar-refractivity contribution < 1.29 is 19.6 Å². The number of hydrazine groups is 1. The molecule has 240 valence electrons. The fraction of sp³-hybridized carbons (Fsp3) is 0.0938. The molecular formula is C32H25Br2N5O6S2. The Balaban J connectivity index is 0.000000186. The number of benzene rings is 4. The van der Waals surface area contributed by atoms with Crippen molar-refractivity contribution in [1.29, 1.82) is 0 Å². The van der Waals surface area contributed by atoms with E-state index in [-0.39, 0.29) is 28.6 Å². The molecule has 1 saturated heterocycles. The third-order valence-electron chi connectivity index (χ3n) is 6.65. The van der Waals surface area contributed by atoms with Crippen LogP contribution < -0.4 is 11.0 Å². The van der Waals surface area contributed by atoms with Crippen LogP contribution in [0.1, 0.15) is 11.1 Å². The Bertz CT molecular complexity index is 1970. The maximum atomic E-state index is 12.5. The molecule has 0 radical (unpaired) electrons. The number of thioether (sulfide) groups is 1. The molecule has 1 aromatic heterocycles.